The van der Waals surface area contributed by atoms with Crippen LogP contribution >= 0.6 is 0 Å². The molecule has 0 aliphatic carbocycles. The number of carbonyl (C=O) groups is 2. The molecule has 1 atom stereocenters. The number of aromatic nitrogens is 1. The Labute approximate surface area is 159 Å². The number of carbonyl (C=O) groups excluding carboxylic acids is 2. The van der Waals surface area contributed by atoms with Gasteiger partial charge in [0.05, 0.1) is 11.6 Å². The molecule has 0 radical (unpaired) electrons. The number of amides is 2. The smallest absolute Gasteiger partial charge is 0.253 e. The van der Waals surface area contributed by atoms with E-state index in [0.717, 1.165) is 35.4 Å². The summed E-state index contributed by atoms with van der Waals surface area (Å²) >= 11 is 0. The molecule has 3 rings (SSSR count). The lowest BCUT2D eigenvalue weighted by Gasteiger charge is -2.32. The number of aryl methyl sites for hydroxylation is 3. The van der Waals surface area contributed by atoms with Crippen LogP contribution in [0.5, 0.6) is 0 Å². The Morgan fingerprint density at radius 1 is 1.19 bits per heavy atom. The predicted molar refractivity (Wildman–Crippen MR) is 102 cm³/mol. The molecule has 2 heterocycles. The summed E-state index contributed by atoms with van der Waals surface area (Å²) in [5.41, 5.74) is 3.69. The fraction of sp³-hybridized carbons (Fsp3) is 0.476. The third-order valence-corrected chi connectivity index (χ3v) is 4.90. The van der Waals surface area contributed by atoms with Gasteiger partial charge in [0.25, 0.3) is 5.91 Å². The fourth-order valence-corrected chi connectivity index (χ4v) is 3.64. The van der Waals surface area contributed by atoms with Crippen LogP contribution in [0, 0.1) is 26.7 Å². The topological polar surface area (TPSA) is 75.4 Å². The molecular formula is C21H27N3O3. The second-order valence-corrected chi connectivity index (χ2v) is 7.44. The molecule has 2 aromatic rings. The van der Waals surface area contributed by atoms with E-state index < -0.39 is 0 Å². The van der Waals surface area contributed by atoms with Gasteiger partial charge < -0.3 is 14.7 Å². The third kappa shape index (κ3) is 4.96. The van der Waals surface area contributed by atoms with Gasteiger partial charge in [-0.2, -0.15) is 0 Å². The average molecular weight is 369 g/mol. The maximum Gasteiger partial charge on any atom is 0.253 e. The third-order valence-electron chi connectivity index (χ3n) is 4.90. The maximum atomic E-state index is 12.8. The highest BCUT2D eigenvalue weighted by Crippen LogP contribution is 2.20. The summed E-state index contributed by atoms with van der Waals surface area (Å²) in [5, 5.41) is 6.81. The minimum Gasteiger partial charge on any atom is -0.361 e. The summed E-state index contributed by atoms with van der Waals surface area (Å²) in [6, 6.07) is 7.76. The molecule has 27 heavy (non-hydrogen) atoms. The van der Waals surface area contributed by atoms with Crippen molar-refractivity contribution in [3.8, 4) is 0 Å². The SMILES string of the molecule is Cc1cc(C)cc(C(=O)N2CCCC(C(=O)NCCc3cc(C)no3)C2)c1. The molecule has 0 spiro atoms. The van der Waals surface area contributed by atoms with E-state index in [2.05, 4.69) is 16.5 Å². The molecule has 0 bridgehead atoms. The van der Waals surface area contributed by atoms with Gasteiger partial charge in [-0.05, 0) is 45.7 Å². The van der Waals surface area contributed by atoms with Crippen molar-refractivity contribution in [1.29, 1.82) is 0 Å². The first-order valence-electron chi connectivity index (χ1n) is 9.50. The molecule has 144 valence electrons. The summed E-state index contributed by atoms with van der Waals surface area (Å²) in [5.74, 6) is 0.619. The highest BCUT2D eigenvalue weighted by molar-refractivity contribution is 5.95. The van der Waals surface area contributed by atoms with Crippen molar-refractivity contribution >= 4 is 11.8 Å². The molecule has 1 aromatic heterocycles. The number of hydrogen-bond acceptors (Lipinski definition) is 4. The lowest BCUT2D eigenvalue weighted by Crippen LogP contribution is -2.45. The summed E-state index contributed by atoms with van der Waals surface area (Å²) in [6.07, 6.45) is 2.27. The second kappa shape index (κ2) is 8.37. The molecule has 2 amide bonds. The first-order chi connectivity index (χ1) is 12.9. The Hall–Kier alpha value is -2.63. The van der Waals surface area contributed by atoms with Gasteiger partial charge in [0.15, 0.2) is 0 Å². The summed E-state index contributed by atoms with van der Waals surface area (Å²) in [7, 11) is 0. The number of hydrogen-bond donors (Lipinski definition) is 1. The minimum atomic E-state index is -0.162. The highest BCUT2D eigenvalue weighted by Gasteiger charge is 2.28. The van der Waals surface area contributed by atoms with E-state index in [1.807, 2.05) is 43.9 Å². The van der Waals surface area contributed by atoms with Crippen molar-refractivity contribution in [2.75, 3.05) is 19.6 Å². The van der Waals surface area contributed by atoms with Crippen LogP contribution in [0.3, 0.4) is 0 Å². The zero-order chi connectivity index (χ0) is 19.4. The van der Waals surface area contributed by atoms with Gasteiger partial charge in [0, 0.05) is 37.7 Å². The number of likely N-dealkylation sites (tertiary alicyclic amines) is 1. The van der Waals surface area contributed by atoms with Crippen LogP contribution in [0.1, 0.15) is 45.8 Å². The molecule has 1 aliphatic rings. The average Bonchev–Trinajstić information content (AvgIpc) is 3.05. The fourth-order valence-electron chi connectivity index (χ4n) is 3.64. The van der Waals surface area contributed by atoms with Crippen LogP contribution in [-0.4, -0.2) is 41.5 Å². The molecule has 1 aromatic carbocycles. The van der Waals surface area contributed by atoms with Crippen molar-refractivity contribution in [3.05, 3.63) is 52.4 Å². The van der Waals surface area contributed by atoms with Crippen molar-refractivity contribution < 1.29 is 14.1 Å². The van der Waals surface area contributed by atoms with E-state index in [9.17, 15) is 9.59 Å². The number of nitrogens with zero attached hydrogens (tertiary/aromatic N) is 2. The van der Waals surface area contributed by atoms with Gasteiger partial charge >= 0.3 is 0 Å². The number of rotatable bonds is 5. The molecule has 0 saturated carbocycles. The molecule has 6 nitrogen and oxygen atoms in total. The molecule has 1 N–H and O–H groups in total. The van der Waals surface area contributed by atoms with Crippen molar-refractivity contribution in [2.45, 2.75) is 40.0 Å². The molecule has 6 heteroatoms. The second-order valence-electron chi connectivity index (χ2n) is 7.44. The largest absolute Gasteiger partial charge is 0.361 e. The predicted octanol–water partition coefficient (Wildman–Crippen LogP) is 2.81. The van der Waals surface area contributed by atoms with Gasteiger partial charge in [0.1, 0.15) is 5.76 Å². The number of nitrogens with one attached hydrogen (secondary N) is 1. The highest BCUT2D eigenvalue weighted by atomic mass is 16.5. The van der Waals surface area contributed by atoms with E-state index in [1.165, 1.54) is 0 Å². The van der Waals surface area contributed by atoms with Crippen LogP contribution in [0.2, 0.25) is 0 Å². The Balaban J connectivity index is 1.54. The van der Waals surface area contributed by atoms with Crippen LogP contribution in [0.25, 0.3) is 0 Å². The van der Waals surface area contributed by atoms with Crippen molar-refractivity contribution in [3.63, 3.8) is 0 Å². The molecular weight excluding hydrogens is 342 g/mol. The monoisotopic (exact) mass is 369 g/mol. The van der Waals surface area contributed by atoms with E-state index in [0.29, 0.717) is 31.6 Å². The van der Waals surface area contributed by atoms with E-state index >= 15 is 0 Å². The quantitative estimate of drug-likeness (QED) is 0.879. The summed E-state index contributed by atoms with van der Waals surface area (Å²) < 4.78 is 5.15. The lowest BCUT2D eigenvalue weighted by molar-refractivity contribution is -0.126. The maximum absolute atomic E-state index is 12.8. The Morgan fingerprint density at radius 2 is 1.93 bits per heavy atom. The normalized spacial score (nSPS) is 17.0. The standard InChI is InChI=1S/C21H27N3O3/c1-14-9-15(2)11-18(10-14)21(26)24-8-4-5-17(13-24)20(25)22-7-6-19-12-16(3)23-27-19/h9-12,17H,4-8,13H2,1-3H3,(H,22,25). The number of benzene rings is 1. The molecule has 1 saturated heterocycles. The van der Waals surface area contributed by atoms with Gasteiger partial charge in [-0.15, -0.1) is 0 Å². The van der Waals surface area contributed by atoms with Crippen LogP contribution in [0.15, 0.2) is 28.8 Å². The zero-order valence-electron chi connectivity index (χ0n) is 16.2. The first-order valence-corrected chi connectivity index (χ1v) is 9.50. The van der Waals surface area contributed by atoms with E-state index in [-0.39, 0.29) is 17.7 Å². The van der Waals surface area contributed by atoms with E-state index in [4.69, 9.17) is 4.52 Å². The van der Waals surface area contributed by atoms with Gasteiger partial charge in [-0.1, -0.05) is 22.3 Å². The lowest BCUT2D eigenvalue weighted by atomic mass is 9.96. The van der Waals surface area contributed by atoms with E-state index in [1.54, 1.807) is 0 Å². The van der Waals surface area contributed by atoms with Crippen molar-refractivity contribution in [2.24, 2.45) is 5.92 Å². The number of piperidine rings is 1. The van der Waals surface area contributed by atoms with Gasteiger partial charge in [-0.25, -0.2) is 0 Å². The van der Waals surface area contributed by atoms with Gasteiger partial charge in [-0.3, -0.25) is 9.59 Å². The Morgan fingerprint density at radius 3 is 2.59 bits per heavy atom. The summed E-state index contributed by atoms with van der Waals surface area (Å²) in [4.78, 5) is 27.2. The minimum absolute atomic E-state index is 0.00385. The Kier molecular flexibility index (Phi) is 5.94. The van der Waals surface area contributed by atoms with Gasteiger partial charge in [0.2, 0.25) is 5.91 Å². The summed E-state index contributed by atoms with van der Waals surface area (Å²) in [6.45, 7) is 7.54. The van der Waals surface area contributed by atoms with Crippen LogP contribution in [0.4, 0.5) is 0 Å². The zero-order valence-corrected chi connectivity index (χ0v) is 16.2. The first kappa shape index (κ1) is 19.1. The molecule has 1 unspecified atom stereocenters. The Bertz CT molecular complexity index is 808. The molecule has 1 aliphatic heterocycles. The molecule has 1 fully saturated rings. The van der Waals surface area contributed by atoms with Crippen molar-refractivity contribution in [1.82, 2.24) is 15.4 Å². The van der Waals surface area contributed by atoms with Crippen LogP contribution < -0.4 is 5.32 Å². The van der Waals surface area contributed by atoms with Crippen LogP contribution in [-0.2, 0) is 11.2 Å².